The van der Waals surface area contributed by atoms with Crippen molar-refractivity contribution < 1.29 is 14.1 Å². The number of allylic oxidation sites excluding steroid dienone is 1. The Labute approximate surface area is 126 Å². The molecule has 1 saturated carbocycles. The zero-order valence-corrected chi connectivity index (χ0v) is 11.7. The highest BCUT2D eigenvalue weighted by Crippen LogP contribution is 2.29. The first-order chi connectivity index (χ1) is 10.7. The molecule has 0 spiro atoms. The number of nitrogens with zero attached hydrogens (tertiary/aromatic N) is 2. The van der Waals surface area contributed by atoms with Crippen molar-refractivity contribution in [2.24, 2.45) is 11.0 Å². The van der Waals surface area contributed by atoms with Crippen LogP contribution in [0.4, 0.5) is 0 Å². The van der Waals surface area contributed by atoms with Gasteiger partial charge >= 0.3 is 0 Å². The zero-order valence-electron chi connectivity index (χ0n) is 11.7. The van der Waals surface area contributed by atoms with Gasteiger partial charge < -0.3 is 9.84 Å². The Kier molecular flexibility index (Phi) is 2.92. The van der Waals surface area contributed by atoms with E-state index in [0.29, 0.717) is 23.5 Å². The van der Waals surface area contributed by atoms with E-state index in [-0.39, 0.29) is 23.7 Å². The molecule has 3 heterocycles. The molecule has 112 valence electrons. The van der Waals surface area contributed by atoms with E-state index in [2.05, 4.69) is 21.0 Å². The molecule has 2 N–H and O–H groups in total. The highest BCUT2D eigenvalue weighted by Gasteiger charge is 2.35. The van der Waals surface area contributed by atoms with E-state index in [1.165, 1.54) is 6.20 Å². The van der Waals surface area contributed by atoms with Crippen LogP contribution in [0.3, 0.4) is 0 Å². The monoisotopic (exact) mass is 298 g/mol. The predicted octanol–water partition coefficient (Wildman–Crippen LogP) is 0.660. The molecular weight excluding hydrogens is 284 g/mol. The van der Waals surface area contributed by atoms with Gasteiger partial charge in [-0.15, -0.1) is 0 Å². The SMILES string of the molecule is O=C1NN=C(c2ccno2)/C1=C\C1=CC2C(=O)CCCC2N1. The van der Waals surface area contributed by atoms with Crippen LogP contribution in [0.15, 0.2) is 45.3 Å². The Hall–Kier alpha value is -2.70. The molecule has 7 heteroatoms. The van der Waals surface area contributed by atoms with Gasteiger partial charge in [-0.1, -0.05) is 5.16 Å². The van der Waals surface area contributed by atoms with Gasteiger partial charge in [-0.25, -0.2) is 5.43 Å². The summed E-state index contributed by atoms with van der Waals surface area (Å²) in [5, 5.41) is 10.9. The van der Waals surface area contributed by atoms with E-state index < -0.39 is 0 Å². The standard InChI is InChI=1S/C15H14N4O3/c20-12-3-1-2-11-9(12)6-8(17-11)7-10-14(18-19-15(10)21)13-4-5-16-22-13/h4-7,9,11,17H,1-3H2,(H,19,21)/b10-7+. The van der Waals surface area contributed by atoms with Gasteiger partial charge in [0, 0.05) is 24.2 Å². The average Bonchev–Trinajstić information content (AvgIpc) is 3.20. The van der Waals surface area contributed by atoms with Crippen LogP contribution in [0.1, 0.15) is 25.0 Å². The number of hydrogen-bond acceptors (Lipinski definition) is 6. The van der Waals surface area contributed by atoms with E-state index in [9.17, 15) is 9.59 Å². The minimum Gasteiger partial charge on any atom is -0.381 e. The molecule has 1 aromatic heterocycles. The van der Waals surface area contributed by atoms with E-state index in [1.807, 2.05) is 6.08 Å². The summed E-state index contributed by atoms with van der Waals surface area (Å²) in [6, 6.07) is 1.79. The van der Waals surface area contributed by atoms with Crippen molar-refractivity contribution in [1.29, 1.82) is 0 Å². The van der Waals surface area contributed by atoms with Crippen LogP contribution < -0.4 is 10.7 Å². The van der Waals surface area contributed by atoms with Crippen LogP contribution in [0.5, 0.6) is 0 Å². The first-order valence-corrected chi connectivity index (χ1v) is 7.24. The highest BCUT2D eigenvalue weighted by atomic mass is 16.5. The van der Waals surface area contributed by atoms with Gasteiger partial charge in [-0.2, -0.15) is 5.10 Å². The fourth-order valence-corrected chi connectivity index (χ4v) is 3.13. The number of hydrazone groups is 1. The Morgan fingerprint density at radius 2 is 2.27 bits per heavy atom. The van der Waals surface area contributed by atoms with Crippen LogP contribution in [-0.4, -0.2) is 28.6 Å². The zero-order chi connectivity index (χ0) is 15.1. The second-order valence-corrected chi connectivity index (χ2v) is 5.59. The van der Waals surface area contributed by atoms with Gasteiger partial charge in [-0.3, -0.25) is 9.59 Å². The second kappa shape index (κ2) is 4.94. The smallest absolute Gasteiger partial charge is 0.273 e. The summed E-state index contributed by atoms with van der Waals surface area (Å²) >= 11 is 0. The summed E-state index contributed by atoms with van der Waals surface area (Å²) in [4.78, 5) is 23.9. The van der Waals surface area contributed by atoms with Gasteiger partial charge in [0.2, 0.25) is 0 Å². The van der Waals surface area contributed by atoms with Crippen LogP contribution >= 0.6 is 0 Å². The lowest BCUT2D eigenvalue weighted by molar-refractivity contribution is -0.123. The molecule has 0 aromatic carbocycles. The van der Waals surface area contributed by atoms with Crippen molar-refractivity contribution in [1.82, 2.24) is 15.9 Å². The number of Topliss-reactive ketones (excluding diaryl/α,β-unsaturated/α-hetero) is 1. The normalized spacial score (nSPS) is 29.0. The molecule has 0 saturated heterocycles. The van der Waals surface area contributed by atoms with Gasteiger partial charge in [-0.05, 0) is 25.0 Å². The molecule has 1 aromatic rings. The second-order valence-electron chi connectivity index (χ2n) is 5.59. The lowest BCUT2D eigenvalue weighted by Gasteiger charge is -2.23. The van der Waals surface area contributed by atoms with Crippen molar-refractivity contribution in [2.45, 2.75) is 25.3 Å². The maximum atomic E-state index is 12.0. The average molecular weight is 298 g/mol. The van der Waals surface area contributed by atoms with Crippen molar-refractivity contribution >= 4 is 17.4 Å². The number of amides is 1. The molecule has 22 heavy (non-hydrogen) atoms. The summed E-state index contributed by atoms with van der Waals surface area (Å²) in [5.41, 5.74) is 4.03. The Morgan fingerprint density at radius 3 is 3.05 bits per heavy atom. The topological polar surface area (TPSA) is 96.6 Å². The molecule has 1 amide bonds. The summed E-state index contributed by atoms with van der Waals surface area (Å²) in [6.45, 7) is 0. The van der Waals surface area contributed by atoms with Crippen molar-refractivity contribution in [2.75, 3.05) is 0 Å². The lowest BCUT2D eigenvalue weighted by Crippen LogP contribution is -2.36. The Bertz CT molecular complexity index is 730. The molecule has 2 aliphatic heterocycles. The molecular formula is C15H14N4O3. The maximum absolute atomic E-state index is 12.0. The summed E-state index contributed by atoms with van der Waals surface area (Å²) in [7, 11) is 0. The van der Waals surface area contributed by atoms with Gasteiger partial charge in [0.15, 0.2) is 5.76 Å². The Balaban J connectivity index is 1.64. The molecule has 2 atom stereocenters. The minimum absolute atomic E-state index is 0.0873. The lowest BCUT2D eigenvalue weighted by atomic mass is 9.85. The third kappa shape index (κ3) is 2.05. The summed E-state index contributed by atoms with van der Waals surface area (Å²) in [6.07, 6.45) is 7.63. The van der Waals surface area contributed by atoms with Gasteiger partial charge in [0.25, 0.3) is 5.91 Å². The molecule has 1 aliphatic carbocycles. The van der Waals surface area contributed by atoms with Gasteiger partial charge in [0.1, 0.15) is 11.5 Å². The fraction of sp³-hybridized carbons (Fsp3) is 0.333. The van der Waals surface area contributed by atoms with Crippen LogP contribution in [0, 0.1) is 5.92 Å². The van der Waals surface area contributed by atoms with Crippen molar-refractivity contribution in [3.8, 4) is 0 Å². The van der Waals surface area contributed by atoms with E-state index >= 15 is 0 Å². The molecule has 0 radical (unpaired) electrons. The first-order valence-electron chi connectivity index (χ1n) is 7.24. The molecule has 0 bridgehead atoms. The quantitative estimate of drug-likeness (QED) is 0.782. The minimum atomic E-state index is -0.296. The number of hydrogen-bond donors (Lipinski definition) is 2. The van der Waals surface area contributed by atoms with Gasteiger partial charge in [0.05, 0.1) is 17.7 Å². The summed E-state index contributed by atoms with van der Waals surface area (Å²) in [5.74, 6) is 0.305. The molecule has 2 unspecified atom stereocenters. The number of aromatic nitrogens is 1. The predicted molar refractivity (Wildman–Crippen MR) is 76.6 cm³/mol. The number of fused-ring (bicyclic) bond motifs is 1. The third-order valence-electron chi connectivity index (χ3n) is 4.19. The third-order valence-corrected chi connectivity index (χ3v) is 4.19. The largest absolute Gasteiger partial charge is 0.381 e. The molecule has 3 aliphatic rings. The van der Waals surface area contributed by atoms with E-state index in [0.717, 1.165) is 18.5 Å². The fourth-order valence-electron chi connectivity index (χ4n) is 3.13. The highest BCUT2D eigenvalue weighted by molar-refractivity contribution is 6.30. The molecule has 1 fully saturated rings. The number of nitrogens with one attached hydrogen (secondary N) is 2. The van der Waals surface area contributed by atoms with Crippen LogP contribution in [0.2, 0.25) is 0 Å². The number of ketones is 1. The van der Waals surface area contributed by atoms with Crippen molar-refractivity contribution in [3.05, 3.63) is 41.4 Å². The Morgan fingerprint density at radius 1 is 1.36 bits per heavy atom. The van der Waals surface area contributed by atoms with Crippen LogP contribution in [0.25, 0.3) is 0 Å². The number of carbonyl (C=O) groups excluding carboxylic acids is 2. The van der Waals surface area contributed by atoms with Crippen LogP contribution in [-0.2, 0) is 9.59 Å². The maximum Gasteiger partial charge on any atom is 0.273 e. The number of rotatable bonds is 2. The number of carbonyl (C=O) groups is 2. The molecule has 4 rings (SSSR count). The van der Waals surface area contributed by atoms with E-state index in [1.54, 1.807) is 12.1 Å². The van der Waals surface area contributed by atoms with Crippen molar-refractivity contribution in [3.63, 3.8) is 0 Å². The summed E-state index contributed by atoms with van der Waals surface area (Å²) < 4.78 is 5.06. The first kappa shape index (κ1) is 13.0. The van der Waals surface area contributed by atoms with E-state index in [4.69, 9.17) is 4.52 Å². The molecule has 7 nitrogen and oxygen atoms in total.